The highest BCUT2D eigenvalue weighted by Crippen LogP contribution is 2.57. The van der Waals surface area contributed by atoms with E-state index >= 15 is 0 Å². The van der Waals surface area contributed by atoms with Crippen molar-refractivity contribution in [2.24, 2.45) is 17.1 Å². The van der Waals surface area contributed by atoms with E-state index in [4.69, 9.17) is 10.5 Å². The number of hydrogen-bond acceptors (Lipinski definition) is 4. The van der Waals surface area contributed by atoms with Crippen LogP contribution in [0, 0.1) is 11.3 Å². The summed E-state index contributed by atoms with van der Waals surface area (Å²) < 4.78 is 5.85. The zero-order chi connectivity index (χ0) is 15.0. The Labute approximate surface area is 126 Å². The molecule has 0 bridgehead atoms. The minimum Gasteiger partial charge on any atom is -0.377 e. The van der Waals surface area contributed by atoms with Gasteiger partial charge in [-0.1, -0.05) is 20.8 Å². The predicted octanol–water partition coefficient (Wildman–Crippen LogP) is 1.78. The Morgan fingerprint density at radius 3 is 2.85 bits per heavy atom. The van der Waals surface area contributed by atoms with E-state index in [1.54, 1.807) is 11.8 Å². The Kier molecular flexibility index (Phi) is 4.72. The molecule has 0 aromatic heterocycles. The van der Waals surface area contributed by atoms with E-state index in [1.807, 2.05) is 0 Å². The summed E-state index contributed by atoms with van der Waals surface area (Å²) in [5, 5.41) is 3.16. The average molecular weight is 300 g/mol. The Bertz CT molecular complexity index is 375. The van der Waals surface area contributed by atoms with Gasteiger partial charge in [0.15, 0.2) is 0 Å². The first-order chi connectivity index (χ1) is 9.39. The number of fused-ring (bicyclic) bond motifs is 1. The summed E-state index contributed by atoms with van der Waals surface area (Å²) in [5.74, 6) is 1.11. The predicted molar refractivity (Wildman–Crippen MR) is 83.8 cm³/mol. The number of carbonyl (C=O) groups excluding carboxylic acids is 1. The monoisotopic (exact) mass is 300 g/mol. The molecule has 4 atom stereocenters. The van der Waals surface area contributed by atoms with E-state index in [0.29, 0.717) is 0 Å². The van der Waals surface area contributed by atoms with E-state index < -0.39 is 5.54 Å². The number of carbonyl (C=O) groups is 1. The van der Waals surface area contributed by atoms with Crippen LogP contribution in [0.4, 0.5) is 0 Å². The lowest BCUT2D eigenvalue weighted by molar-refractivity contribution is -0.225. The maximum absolute atomic E-state index is 12.8. The molecular weight excluding hydrogens is 272 g/mol. The van der Waals surface area contributed by atoms with Gasteiger partial charge < -0.3 is 15.8 Å². The molecule has 0 aromatic rings. The quantitative estimate of drug-likeness (QED) is 0.812. The molecule has 4 nitrogen and oxygen atoms in total. The van der Waals surface area contributed by atoms with E-state index in [9.17, 15) is 4.79 Å². The van der Waals surface area contributed by atoms with Gasteiger partial charge in [-0.2, -0.15) is 11.8 Å². The molecule has 1 saturated heterocycles. The lowest BCUT2D eigenvalue weighted by atomic mass is 9.46. The number of hydrogen-bond donors (Lipinski definition) is 2. The van der Waals surface area contributed by atoms with E-state index in [1.165, 1.54) is 0 Å². The molecule has 0 spiro atoms. The van der Waals surface area contributed by atoms with Crippen molar-refractivity contribution >= 4 is 17.7 Å². The van der Waals surface area contributed by atoms with Crippen molar-refractivity contribution in [3.63, 3.8) is 0 Å². The highest BCUT2D eigenvalue weighted by Gasteiger charge is 2.70. The van der Waals surface area contributed by atoms with Crippen LogP contribution in [0.25, 0.3) is 0 Å². The fraction of sp³-hybridized carbons (Fsp3) is 0.933. The Hall–Kier alpha value is -0.260. The zero-order valence-electron chi connectivity index (χ0n) is 13.1. The Balaban J connectivity index is 2.11. The molecule has 1 heterocycles. The largest absolute Gasteiger partial charge is 0.377 e. The molecule has 0 aromatic carbocycles. The third kappa shape index (κ3) is 2.28. The van der Waals surface area contributed by atoms with E-state index in [2.05, 4.69) is 32.3 Å². The van der Waals surface area contributed by atoms with Gasteiger partial charge in [-0.3, -0.25) is 4.79 Å². The summed E-state index contributed by atoms with van der Waals surface area (Å²) in [6.07, 6.45) is 5.13. The number of rotatable bonds is 5. The van der Waals surface area contributed by atoms with Crippen LogP contribution in [-0.2, 0) is 9.53 Å². The molecule has 1 amide bonds. The van der Waals surface area contributed by atoms with Crippen LogP contribution >= 0.6 is 11.8 Å². The molecule has 0 radical (unpaired) electrons. The van der Waals surface area contributed by atoms with Crippen LogP contribution in [0.1, 0.15) is 40.0 Å². The highest BCUT2D eigenvalue weighted by molar-refractivity contribution is 7.98. The first kappa shape index (κ1) is 16.1. The van der Waals surface area contributed by atoms with Crippen molar-refractivity contribution < 1.29 is 9.53 Å². The van der Waals surface area contributed by atoms with Crippen LogP contribution in [-0.4, -0.2) is 42.2 Å². The van der Waals surface area contributed by atoms with Crippen LogP contribution in [0.3, 0.4) is 0 Å². The van der Waals surface area contributed by atoms with Gasteiger partial charge >= 0.3 is 0 Å². The second kappa shape index (κ2) is 5.85. The fourth-order valence-corrected chi connectivity index (χ4v) is 4.53. The molecule has 1 aliphatic carbocycles. The van der Waals surface area contributed by atoms with E-state index in [-0.39, 0.29) is 29.4 Å². The second-order valence-electron chi connectivity index (χ2n) is 6.66. The van der Waals surface area contributed by atoms with Crippen LogP contribution in [0.2, 0.25) is 0 Å². The molecule has 20 heavy (non-hydrogen) atoms. The minimum absolute atomic E-state index is 0.00940. The summed E-state index contributed by atoms with van der Waals surface area (Å²) in [6, 6.07) is 0.206. The number of nitrogens with one attached hydrogen (secondary N) is 1. The number of thioether (sulfide) groups is 1. The van der Waals surface area contributed by atoms with Crippen LogP contribution in [0.5, 0.6) is 0 Å². The summed E-state index contributed by atoms with van der Waals surface area (Å²) in [5.41, 5.74) is 5.50. The lowest BCUT2D eigenvalue weighted by Crippen LogP contribution is -2.82. The Morgan fingerprint density at radius 2 is 2.25 bits per heavy atom. The topological polar surface area (TPSA) is 64.4 Å². The van der Waals surface area contributed by atoms with Crippen molar-refractivity contribution in [3.05, 3.63) is 0 Å². The first-order valence-electron chi connectivity index (χ1n) is 7.60. The smallest absolute Gasteiger partial charge is 0.241 e. The number of amides is 1. The number of nitrogens with two attached hydrogens (primary N) is 1. The van der Waals surface area contributed by atoms with Gasteiger partial charge in [-0.25, -0.2) is 0 Å². The molecule has 4 unspecified atom stereocenters. The van der Waals surface area contributed by atoms with Crippen molar-refractivity contribution in [1.82, 2.24) is 5.32 Å². The van der Waals surface area contributed by atoms with Gasteiger partial charge in [-0.05, 0) is 25.5 Å². The molecule has 1 saturated carbocycles. The molecular formula is C15H28N2O2S. The molecule has 116 valence electrons. The van der Waals surface area contributed by atoms with Gasteiger partial charge in [0, 0.05) is 29.7 Å². The zero-order valence-corrected chi connectivity index (χ0v) is 13.9. The Morgan fingerprint density at radius 1 is 1.55 bits per heavy atom. The number of ether oxygens (including phenoxy) is 1. The average Bonchev–Trinajstić information content (AvgIpc) is 2.45. The minimum atomic E-state index is -0.788. The fourth-order valence-electron chi connectivity index (χ4n) is 3.80. The summed E-state index contributed by atoms with van der Waals surface area (Å²) in [6.45, 7) is 7.03. The second-order valence-corrected chi connectivity index (χ2v) is 7.58. The summed E-state index contributed by atoms with van der Waals surface area (Å²) in [7, 11) is 0. The van der Waals surface area contributed by atoms with Crippen molar-refractivity contribution in [2.75, 3.05) is 18.6 Å². The van der Waals surface area contributed by atoms with Gasteiger partial charge in [0.2, 0.25) is 5.91 Å². The molecule has 2 rings (SSSR count). The molecule has 5 heteroatoms. The first-order valence-corrected chi connectivity index (χ1v) is 8.99. The van der Waals surface area contributed by atoms with Gasteiger partial charge in [0.25, 0.3) is 0 Å². The maximum atomic E-state index is 12.8. The standard InChI is InChI=1S/C15H28N2O2S/c1-5-10(9-20-4)17-13(18)15(16)11-7-6-8-19-12(11)14(15,2)3/h10-12H,5-9,16H2,1-4H3,(H,17,18). The normalized spacial score (nSPS) is 36.6. The SMILES string of the molecule is CCC(CSC)NC(=O)C1(N)C2CCCOC2C1(C)C. The summed E-state index contributed by atoms with van der Waals surface area (Å²) >= 11 is 1.75. The van der Waals surface area contributed by atoms with Crippen LogP contribution < -0.4 is 11.1 Å². The van der Waals surface area contributed by atoms with E-state index in [0.717, 1.165) is 31.6 Å². The van der Waals surface area contributed by atoms with Crippen molar-refractivity contribution in [2.45, 2.75) is 57.7 Å². The third-order valence-electron chi connectivity index (χ3n) is 5.26. The third-order valence-corrected chi connectivity index (χ3v) is 5.99. The molecule has 2 fully saturated rings. The summed E-state index contributed by atoms with van der Waals surface area (Å²) in [4.78, 5) is 12.8. The lowest BCUT2D eigenvalue weighted by Gasteiger charge is -2.65. The van der Waals surface area contributed by atoms with Crippen LogP contribution in [0.15, 0.2) is 0 Å². The highest BCUT2D eigenvalue weighted by atomic mass is 32.2. The van der Waals surface area contributed by atoms with Gasteiger partial charge in [-0.15, -0.1) is 0 Å². The molecule has 2 aliphatic rings. The maximum Gasteiger partial charge on any atom is 0.241 e. The van der Waals surface area contributed by atoms with Gasteiger partial charge in [0.1, 0.15) is 5.54 Å². The van der Waals surface area contributed by atoms with Crippen molar-refractivity contribution in [1.29, 1.82) is 0 Å². The van der Waals surface area contributed by atoms with Gasteiger partial charge in [0.05, 0.1) is 6.10 Å². The van der Waals surface area contributed by atoms with Crippen molar-refractivity contribution in [3.8, 4) is 0 Å². The molecule has 1 aliphatic heterocycles. The molecule has 3 N–H and O–H groups in total.